The van der Waals surface area contributed by atoms with Crippen LogP contribution in [0.2, 0.25) is 0 Å². The summed E-state index contributed by atoms with van der Waals surface area (Å²) >= 11 is 0. The molecular formula is C29H28N2O5. The van der Waals surface area contributed by atoms with Gasteiger partial charge in [0.1, 0.15) is 18.0 Å². The summed E-state index contributed by atoms with van der Waals surface area (Å²) in [5.74, 6) is 0.504. The summed E-state index contributed by atoms with van der Waals surface area (Å²) in [6, 6.07) is 17.4. The van der Waals surface area contributed by atoms with E-state index in [1.165, 1.54) is 13.3 Å². The zero-order chi connectivity index (χ0) is 25.8. The lowest BCUT2D eigenvalue weighted by atomic mass is 9.98. The Kier molecular flexibility index (Phi) is 7.20. The van der Waals surface area contributed by atoms with E-state index in [0.29, 0.717) is 40.3 Å². The van der Waals surface area contributed by atoms with E-state index in [4.69, 9.17) is 9.47 Å². The highest BCUT2D eigenvalue weighted by Gasteiger charge is 2.19. The summed E-state index contributed by atoms with van der Waals surface area (Å²) in [7, 11) is 1.51. The monoisotopic (exact) mass is 484 g/mol. The molecule has 0 aliphatic heterocycles. The number of nitrogens with zero attached hydrogens (tertiary/aromatic N) is 1. The quantitative estimate of drug-likeness (QED) is 0.360. The number of aryl methyl sites for hydroxylation is 2. The second-order valence-corrected chi connectivity index (χ2v) is 8.52. The number of aromatic nitrogens is 1. The first kappa shape index (κ1) is 24.7. The number of ether oxygens (including phenoxy) is 2. The topological polar surface area (TPSA) is 86.6 Å². The van der Waals surface area contributed by atoms with Crippen molar-refractivity contribution in [2.75, 3.05) is 19.0 Å². The molecule has 1 N–H and O–H groups in total. The lowest BCUT2D eigenvalue weighted by Gasteiger charge is -2.15. The van der Waals surface area contributed by atoms with Crippen molar-refractivity contribution < 1.29 is 19.1 Å². The van der Waals surface area contributed by atoms with Crippen LogP contribution >= 0.6 is 0 Å². The average Bonchev–Trinajstić information content (AvgIpc) is 2.88. The number of nitrogens with one attached hydrogen (secondary N) is 1. The SMILES string of the molecule is CCOc1ccc(NC(=O)Cn2cc(C(=O)c3ccc(C)c(C)c3)c(=O)c3cc(OC)ccc32)cc1. The molecule has 0 aliphatic carbocycles. The van der Waals surface area contributed by atoms with Gasteiger partial charge in [0.15, 0.2) is 5.78 Å². The van der Waals surface area contributed by atoms with Crippen LogP contribution in [0.4, 0.5) is 5.69 Å². The van der Waals surface area contributed by atoms with Crippen LogP contribution in [-0.2, 0) is 11.3 Å². The highest BCUT2D eigenvalue weighted by atomic mass is 16.5. The average molecular weight is 485 g/mol. The minimum atomic E-state index is -0.407. The van der Waals surface area contributed by atoms with Crippen molar-refractivity contribution in [3.8, 4) is 11.5 Å². The number of hydrogen-bond donors (Lipinski definition) is 1. The van der Waals surface area contributed by atoms with E-state index in [9.17, 15) is 14.4 Å². The van der Waals surface area contributed by atoms with Gasteiger partial charge < -0.3 is 19.4 Å². The lowest BCUT2D eigenvalue weighted by molar-refractivity contribution is -0.116. The fourth-order valence-corrected chi connectivity index (χ4v) is 3.99. The first-order valence-electron chi connectivity index (χ1n) is 11.7. The van der Waals surface area contributed by atoms with Gasteiger partial charge in [0.2, 0.25) is 11.3 Å². The first-order valence-corrected chi connectivity index (χ1v) is 11.7. The number of rotatable bonds is 8. The Hall–Kier alpha value is -4.39. The Bertz CT molecular complexity index is 1500. The second kappa shape index (κ2) is 10.5. The zero-order valence-corrected chi connectivity index (χ0v) is 20.8. The molecule has 0 saturated heterocycles. The minimum absolute atomic E-state index is 0.00660. The molecule has 0 radical (unpaired) electrons. The molecule has 0 atom stereocenters. The Morgan fingerprint density at radius 2 is 1.64 bits per heavy atom. The van der Waals surface area contributed by atoms with Gasteiger partial charge >= 0.3 is 0 Å². The van der Waals surface area contributed by atoms with E-state index in [2.05, 4.69) is 5.32 Å². The highest BCUT2D eigenvalue weighted by Crippen LogP contribution is 2.21. The fraction of sp³-hybridized carbons (Fsp3) is 0.207. The van der Waals surface area contributed by atoms with E-state index >= 15 is 0 Å². The second-order valence-electron chi connectivity index (χ2n) is 8.52. The van der Waals surface area contributed by atoms with Crippen LogP contribution in [0, 0.1) is 13.8 Å². The molecule has 184 valence electrons. The zero-order valence-electron chi connectivity index (χ0n) is 20.8. The van der Waals surface area contributed by atoms with Crippen LogP contribution in [0.15, 0.2) is 71.7 Å². The normalized spacial score (nSPS) is 10.8. The highest BCUT2D eigenvalue weighted by molar-refractivity contribution is 6.10. The van der Waals surface area contributed by atoms with E-state index in [-0.39, 0.29) is 18.0 Å². The van der Waals surface area contributed by atoms with Gasteiger partial charge in [-0.3, -0.25) is 14.4 Å². The number of ketones is 1. The summed E-state index contributed by atoms with van der Waals surface area (Å²) in [5, 5.41) is 3.16. The van der Waals surface area contributed by atoms with Gasteiger partial charge in [0.25, 0.3) is 0 Å². The van der Waals surface area contributed by atoms with Crippen LogP contribution in [0.25, 0.3) is 10.9 Å². The van der Waals surface area contributed by atoms with Crippen LogP contribution in [0.5, 0.6) is 11.5 Å². The number of hydrogen-bond acceptors (Lipinski definition) is 5. The predicted octanol–water partition coefficient (Wildman–Crippen LogP) is 4.90. The third-order valence-electron chi connectivity index (χ3n) is 6.06. The number of amides is 1. The minimum Gasteiger partial charge on any atom is -0.497 e. The Balaban J connectivity index is 1.72. The van der Waals surface area contributed by atoms with E-state index in [1.807, 2.05) is 26.8 Å². The number of carbonyl (C=O) groups excluding carboxylic acids is 2. The van der Waals surface area contributed by atoms with Gasteiger partial charge in [-0.15, -0.1) is 0 Å². The van der Waals surface area contributed by atoms with Crippen molar-refractivity contribution in [1.29, 1.82) is 0 Å². The molecule has 7 heteroatoms. The van der Waals surface area contributed by atoms with Crippen LogP contribution < -0.4 is 20.2 Å². The summed E-state index contributed by atoms with van der Waals surface area (Å²) in [5.41, 5.74) is 3.16. The van der Waals surface area contributed by atoms with Crippen molar-refractivity contribution in [1.82, 2.24) is 4.57 Å². The van der Waals surface area contributed by atoms with E-state index in [1.54, 1.807) is 59.2 Å². The molecule has 0 aliphatic rings. The van der Waals surface area contributed by atoms with Gasteiger partial charge in [-0.1, -0.05) is 12.1 Å². The maximum Gasteiger partial charge on any atom is 0.244 e. The molecule has 7 nitrogen and oxygen atoms in total. The summed E-state index contributed by atoms with van der Waals surface area (Å²) in [6.07, 6.45) is 1.46. The van der Waals surface area contributed by atoms with Crippen molar-refractivity contribution in [3.63, 3.8) is 0 Å². The third kappa shape index (κ3) is 5.15. The molecule has 1 aromatic heterocycles. The number of pyridine rings is 1. The standard InChI is InChI=1S/C29H28N2O5/c1-5-36-22-10-8-21(9-11-22)30-27(32)17-31-16-25(28(33)20-7-6-18(2)19(3)14-20)29(34)24-15-23(35-4)12-13-26(24)31/h6-16H,5,17H2,1-4H3,(H,30,32). The molecule has 3 aromatic carbocycles. The van der Waals surface area contributed by atoms with Crippen LogP contribution in [0.3, 0.4) is 0 Å². The number of carbonyl (C=O) groups is 2. The van der Waals surface area contributed by atoms with Crippen molar-refractivity contribution in [2.45, 2.75) is 27.3 Å². The predicted molar refractivity (Wildman–Crippen MR) is 140 cm³/mol. The van der Waals surface area contributed by atoms with Crippen molar-refractivity contribution in [3.05, 3.63) is 99.3 Å². The molecular weight excluding hydrogens is 456 g/mol. The Labute approximate surface area is 209 Å². The molecule has 0 fully saturated rings. The maximum absolute atomic E-state index is 13.4. The number of methoxy groups -OCH3 is 1. The van der Waals surface area contributed by atoms with Gasteiger partial charge in [-0.2, -0.15) is 0 Å². The molecule has 0 unspecified atom stereocenters. The molecule has 1 heterocycles. The third-order valence-corrected chi connectivity index (χ3v) is 6.06. The van der Waals surface area contributed by atoms with E-state index < -0.39 is 11.2 Å². The van der Waals surface area contributed by atoms with Crippen molar-refractivity contribution in [2.24, 2.45) is 0 Å². The van der Waals surface area contributed by atoms with Crippen LogP contribution in [-0.4, -0.2) is 30.0 Å². The summed E-state index contributed by atoms with van der Waals surface area (Å²) in [6.45, 7) is 6.24. The number of fused-ring (bicyclic) bond motifs is 1. The number of benzene rings is 3. The molecule has 0 spiro atoms. The lowest BCUT2D eigenvalue weighted by Crippen LogP contribution is -2.24. The van der Waals surface area contributed by atoms with Gasteiger partial charge in [-0.05, 0) is 80.4 Å². The first-order chi connectivity index (χ1) is 17.3. The Morgan fingerprint density at radius 3 is 2.31 bits per heavy atom. The van der Waals surface area contributed by atoms with E-state index in [0.717, 1.165) is 11.1 Å². The maximum atomic E-state index is 13.4. The molecule has 4 aromatic rings. The largest absolute Gasteiger partial charge is 0.497 e. The van der Waals surface area contributed by atoms with Crippen molar-refractivity contribution >= 4 is 28.3 Å². The number of anilines is 1. The van der Waals surface area contributed by atoms with Gasteiger partial charge in [-0.25, -0.2) is 0 Å². The summed E-state index contributed by atoms with van der Waals surface area (Å²) < 4.78 is 12.4. The molecule has 4 rings (SSSR count). The van der Waals surface area contributed by atoms with Gasteiger partial charge in [0, 0.05) is 17.4 Å². The fourth-order valence-electron chi connectivity index (χ4n) is 3.99. The molecule has 0 bridgehead atoms. The van der Waals surface area contributed by atoms with Gasteiger partial charge in [0.05, 0.1) is 30.2 Å². The molecule has 1 amide bonds. The molecule has 36 heavy (non-hydrogen) atoms. The van der Waals surface area contributed by atoms with Crippen LogP contribution in [0.1, 0.15) is 34.0 Å². The summed E-state index contributed by atoms with van der Waals surface area (Å²) in [4.78, 5) is 39.7. The smallest absolute Gasteiger partial charge is 0.244 e. The Morgan fingerprint density at radius 1 is 0.917 bits per heavy atom. The molecule has 0 saturated carbocycles.